The third kappa shape index (κ3) is 3.48. The van der Waals surface area contributed by atoms with Crippen molar-refractivity contribution in [1.29, 1.82) is 0 Å². The molecule has 0 unspecified atom stereocenters. The van der Waals surface area contributed by atoms with Gasteiger partial charge in [0, 0.05) is 16.1 Å². The van der Waals surface area contributed by atoms with Crippen LogP contribution >= 0.6 is 27.5 Å². The zero-order valence-electron chi connectivity index (χ0n) is 8.59. The molecule has 3 N–H and O–H groups in total. The number of nitrogens with two attached hydrogens (primary N) is 1. The van der Waals surface area contributed by atoms with Crippen LogP contribution in [0.15, 0.2) is 27.7 Å². The zero-order valence-corrected chi connectivity index (χ0v) is 10.9. The molecule has 0 bridgehead atoms. The first-order chi connectivity index (χ1) is 7.04. The number of hydrazine groups is 1. The molecule has 1 rings (SSSR count). The fourth-order valence-electron chi connectivity index (χ4n) is 1.10. The van der Waals surface area contributed by atoms with E-state index >= 15 is 0 Å². The van der Waals surface area contributed by atoms with E-state index in [0.29, 0.717) is 10.9 Å². The minimum Gasteiger partial charge on any atom is -0.308 e. The van der Waals surface area contributed by atoms with Crippen molar-refractivity contribution >= 4 is 33.4 Å². The van der Waals surface area contributed by atoms with Crippen molar-refractivity contribution in [3.8, 4) is 0 Å². The summed E-state index contributed by atoms with van der Waals surface area (Å²) in [7, 11) is 0. The Balaban J connectivity index is 3.08. The maximum Gasteiger partial charge on any atom is 0.142 e. The molecule has 1 aromatic carbocycles. The van der Waals surface area contributed by atoms with Gasteiger partial charge in [-0.25, -0.2) is 5.84 Å². The van der Waals surface area contributed by atoms with Gasteiger partial charge in [0.1, 0.15) is 5.84 Å². The van der Waals surface area contributed by atoms with E-state index in [0.717, 1.165) is 10.0 Å². The standard InChI is InChI=1S/C10H13BrClN3/c1-6(2)14-10(15-13)7-3-4-9(12)8(11)5-7/h3-6H,13H2,1-2H3,(H,14,15). The van der Waals surface area contributed by atoms with E-state index in [4.69, 9.17) is 17.4 Å². The first-order valence-electron chi connectivity index (χ1n) is 4.54. The fraction of sp³-hybridized carbons (Fsp3) is 0.300. The van der Waals surface area contributed by atoms with Gasteiger partial charge in [0.05, 0.1) is 5.02 Å². The molecule has 5 heteroatoms. The maximum absolute atomic E-state index is 5.90. The van der Waals surface area contributed by atoms with Gasteiger partial charge in [-0.2, -0.15) is 0 Å². The summed E-state index contributed by atoms with van der Waals surface area (Å²) in [5.74, 6) is 6.07. The molecule has 0 spiro atoms. The Bertz CT molecular complexity index is 377. The summed E-state index contributed by atoms with van der Waals surface area (Å²) >= 11 is 9.25. The Labute approximate surface area is 103 Å². The molecule has 0 amide bonds. The van der Waals surface area contributed by atoms with Gasteiger partial charge in [-0.3, -0.25) is 4.99 Å². The lowest BCUT2D eigenvalue weighted by Crippen LogP contribution is -2.32. The second-order valence-electron chi connectivity index (χ2n) is 3.34. The minimum absolute atomic E-state index is 0.186. The molecule has 0 saturated heterocycles. The number of aliphatic imine (C=N–C) groups is 1. The van der Waals surface area contributed by atoms with E-state index in [9.17, 15) is 0 Å². The van der Waals surface area contributed by atoms with Crippen LogP contribution in [0.4, 0.5) is 0 Å². The molecule has 0 radical (unpaired) electrons. The van der Waals surface area contributed by atoms with Gasteiger partial charge < -0.3 is 5.43 Å². The molecule has 0 fully saturated rings. The highest BCUT2D eigenvalue weighted by atomic mass is 79.9. The Morgan fingerprint density at radius 3 is 2.67 bits per heavy atom. The van der Waals surface area contributed by atoms with Crippen LogP contribution in [0.25, 0.3) is 0 Å². The van der Waals surface area contributed by atoms with Gasteiger partial charge >= 0.3 is 0 Å². The van der Waals surface area contributed by atoms with Gasteiger partial charge in [-0.05, 0) is 48.0 Å². The van der Waals surface area contributed by atoms with Gasteiger partial charge in [-0.15, -0.1) is 0 Å². The molecular formula is C10H13BrClN3. The number of hydrogen-bond donors (Lipinski definition) is 2. The smallest absolute Gasteiger partial charge is 0.142 e. The fourth-order valence-corrected chi connectivity index (χ4v) is 1.59. The average molecular weight is 291 g/mol. The van der Waals surface area contributed by atoms with Crippen molar-refractivity contribution in [2.24, 2.45) is 10.8 Å². The van der Waals surface area contributed by atoms with E-state index in [2.05, 4.69) is 26.3 Å². The lowest BCUT2D eigenvalue weighted by Gasteiger charge is -2.08. The molecule has 82 valence electrons. The number of hydrogen-bond acceptors (Lipinski definition) is 2. The highest BCUT2D eigenvalue weighted by molar-refractivity contribution is 9.10. The van der Waals surface area contributed by atoms with Crippen LogP contribution in [0.1, 0.15) is 19.4 Å². The van der Waals surface area contributed by atoms with Crippen molar-refractivity contribution in [3.63, 3.8) is 0 Å². The Hall–Kier alpha value is -0.580. The van der Waals surface area contributed by atoms with Crippen molar-refractivity contribution in [3.05, 3.63) is 33.3 Å². The molecule has 0 aliphatic rings. The molecule has 1 aromatic rings. The Kier molecular flexibility index (Phi) is 4.57. The largest absolute Gasteiger partial charge is 0.308 e. The van der Waals surface area contributed by atoms with Crippen molar-refractivity contribution < 1.29 is 0 Å². The van der Waals surface area contributed by atoms with Crippen molar-refractivity contribution in [1.82, 2.24) is 5.43 Å². The number of rotatable bonds is 2. The summed E-state index contributed by atoms with van der Waals surface area (Å²) in [5.41, 5.74) is 3.49. The molecule has 0 saturated carbocycles. The second-order valence-corrected chi connectivity index (χ2v) is 4.61. The van der Waals surface area contributed by atoms with E-state index in [-0.39, 0.29) is 6.04 Å². The van der Waals surface area contributed by atoms with Crippen LogP contribution in [0.5, 0.6) is 0 Å². The third-order valence-electron chi connectivity index (χ3n) is 1.72. The Morgan fingerprint density at radius 2 is 2.20 bits per heavy atom. The summed E-state index contributed by atoms with van der Waals surface area (Å²) in [6, 6.07) is 5.73. The van der Waals surface area contributed by atoms with Gasteiger partial charge in [0.15, 0.2) is 0 Å². The van der Waals surface area contributed by atoms with Crippen LogP contribution in [0, 0.1) is 0 Å². The van der Waals surface area contributed by atoms with Crippen molar-refractivity contribution in [2.75, 3.05) is 0 Å². The number of benzene rings is 1. The topological polar surface area (TPSA) is 50.4 Å². The molecule has 3 nitrogen and oxygen atoms in total. The van der Waals surface area contributed by atoms with Gasteiger partial charge in [0.2, 0.25) is 0 Å². The normalized spacial score (nSPS) is 12.0. The van der Waals surface area contributed by atoms with Crippen LogP contribution in [-0.2, 0) is 0 Å². The van der Waals surface area contributed by atoms with E-state index in [1.807, 2.05) is 26.0 Å². The second kappa shape index (κ2) is 5.49. The molecule has 0 atom stereocenters. The van der Waals surface area contributed by atoms with E-state index < -0.39 is 0 Å². The summed E-state index contributed by atoms with van der Waals surface area (Å²) in [6.45, 7) is 3.98. The quantitative estimate of drug-likeness (QED) is 0.381. The molecule has 0 aliphatic carbocycles. The molecule has 0 heterocycles. The zero-order chi connectivity index (χ0) is 11.4. The molecule has 0 aromatic heterocycles. The maximum atomic E-state index is 5.90. The van der Waals surface area contributed by atoms with E-state index in [1.54, 1.807) is 6.07 Å². The monoisotopic (exact) mass is 289 g/mol. The van der Waals surface area contributed by atoms with Gasteiger partial charge in [0.25, 0.3) is 0 Å². The number of nitrogens with one attached hydrogen (secondary N) is 1. The SMILES string of the molecule is CC(C)N=C(NN)c1ccc(Cl)c(Br)c1. The predicted molar refractivity (Wildman–Crippen MR) is 68.1 cm³/mol. The van der Waals surface area contributed by atoms with Crippen LogP contribution in [-0.4, -0.2) is 11.9 Å². The minimum atomic E-state index is 0.186. The van der Waals surface area contributed by atoms with Crippen LogP contribution in [0.3, 0.4) is 0 Å². The van der Waals surface area contributed by atoms with Crippen molar-refractivity contribution in [2.45, 2.75) is 19.9 Å². The summed E-state index contributed by atoms with van der Waals surface area (Å²) < 4.78 is 0.827. The lowest BCUT2D eigenvalue weighted by atomic mass is 10.2. The highest BCUT2D eigenvalue weighted by Crippen LogP contribution is 2.23. The molecule has 0 aliphatic heterocycles. The van der Waals surface area contributed by atoms with Crippen LogP contribution in [0.2, 0.25) is 5.02 Å². The van der Waals surface area contributed by atoms with E-state index in [1.165, 1.54) is 0 Å². The Morgan fingerprint density at radius 1 is 1.53 bits per heavy atom. The highest BCUT2D eigenvalue weighted by Gasteiger charge is 2.05. The molecule has 15 heavy (non-hydrogen) atoms. The predicted octanol–water partition coefficient (Wildman–Crippen LogP) is 2.72. The van der Waals surface area contributed by atoms with Crippen LogP contribution < -0.4 is 11.3 Å². The summed E-state index contributed by atoms with van der Waals surface area (Å²) in [6.07, 6.45) is 0. The number of amidine groups is 1. The molecular weight excluding hydrogens is 277 g/mol. The lowest BCUT2D eigenvalue weighted by molar-refractivity contribution is 0.820. The average Bonchev–Trinajstić information content (AvgIpc) is 2.18. The van der Waals surface area contributed by atoms with Gasteiger partial charge in [-0.1, -0.05) is 11.6 Å². The summed E-state index contributed by atoms with van der Waals surface area (Å²) in [5, 5.41) is 0.666. The third-order valence-corrected chi connectivity index (χ3v) is 2.93. The summed E-state index contributed by atoms with van der Waals surface area (Å²) in [4.78, 5) is 4.35. The number of halogens is 2. The first-order valence-corrected chi connectivity index (χ1v) is 5.71. The first kappa shape index (κ1) is 12.5. The number of nitrogens with zero attached hydrogens (tertiary/aromatic N) is 1.